The number of esters is 1. The minimum atomic E-state index is -0.358. The molecule has 168 valence electrons. The van der Waals surface area contributed by atoms with Crippen LogP contribution in [0.3, 0.4) is 0 Å². The molecule has 10 heteroatoms. The summed E-state index contributed by atoms with van der Waals surface area (Å²) in [5, 5.41) is 15.7. The van der Waals surface area contributed by atoms with Gasteiger partial charge in [-0.1, -0.05) is 48.2 Å². The maximum atomic E-state index is 12.7. The molecule has 0 saturated carbocycles. The molecule has 4 rings (SSSR count). The zero-order valence-electron chi connectivity index (χ0n) is 17.8. The van der Waals surface area contributed by atoms with Crippen LogP contribution in [-0.2, 0) is 22.4 Å². The summed E-state index contributed by atoms with van der Waals surface area (Å²) >= 11 is 4.21. The number of ether oxygens (including phenoxy) is 1. The molecule has 2 heterocycles. The zero-order valence-corrected chi connectivity index (χ0v) is 20.3. The highest BCUT2D eigenvalue weighted by molar-refractivity contribution is 8.01. The Kier molecular flexibility index (Phi) is 7.44. The summed E-state index contributed by atoms with van der Waals surface area (Å²) in [5.41, 5.74) is 2.50. The summed E-state index contributed by atoms with van der Waals surface area (Å²) in [4.78, 5) is 26.4. The van der Waals surface area contributed by atoms with E-state index in [1.54, 1.807) is 6.92 Å². The molecule has 1 atom stereocenters. The lowest BCUT2D eigenvalue weighted by molar-refractivity contribution is -0.113. The first-order chi connectivity index (χ1) is 15.5. The van der Waals surface area contributed by atoms with Gasteiger partial charge in [-0.25, -0.2) is 4.79 Å². The third-order valence-electron chi connectivity index (χ3n) is 5.00. The molecule has 1 unspecified atom stereocenters. The van der Waals surface area contributed by atoms with E-state index in [2.05, 4.69) is 27.8 Å². The topological polar surface area (TPSA) is 93.2 Å². The quantitative estimate of drug-likeness (QED) is 0.325. The maximum Gasteiger partial charge on any atom is 0.341 e. The number of amides is 1. The van der Waals surface area contributed by atoms with Gasteiger partial charge in [0.1, 0.15) is 5.00 Å². The van der Waals surface area contributed by atoms with Gasteiger partial charge in [0.15, 0.2) is 4.34 Å². The van der Waals surface area contributed by atoms with Crippen LogP contribution in [0.25, 0.3) is 0 Å². The predicted octanol–water partition coefficient (Wildman–Crippen LogP) is 5.38. The number of benzene rings is 1. The van der Waals surface area contributed by atoms with Gasteiger partial charge in [0.05, 0.1) is 17.9 Å². The van der Waals surface area contributed by atoms with E-state index in [0.717, 1.165) is 30.5 Å². The largest absolute Gasteiger partial charge is 0.462 e. The minimum absolute atomic E-state index is 0.181. The number of rotatable bonds is 8. The summed E-state index contributed by atoms with van der Waals surface area (Å²) in [6, 6.07) is 9.73. The van der Waals surface area contributed by atoms with E-state index in [4.69, 9.17) is 4.74 Å². The molecule has 0 saturated heterocycles. The van der Waals surface area contributed by atoms with Crippen molar-refractivity contribution < 1.29 is 14.3 Å². The molecular weight excluding hydrogens is 464 g/mol. The molecule has 0 spiro atoms. The number of thiophene rings is 1. The maximum absolute atomic E-state index is 12.7. The number of anilines is 3. The molecular formula is C22H24N4O3S3. The molecule has 2 N–H and O–H groups in total. The fourth-order valence-corrected chi connectivity index (χ4v) is 6.50. The van der Waals surface area contributed by atoms with Crippen molar-refractivity contribution >= 4 is 62.1 Å². The Morgan fingerprint density at radius 2 is 2.03 bits per heavy atom. The Balaban J connectivity index is 1.39. The summed E-state index contributed by atoms with van der Waals surface area (Å²) in [7, 11) is 0. The number of nitrogens with one attached hydrogen (secondary N) is 2. The Morgan fingerprint density at radius 3 is 2.81 bits per heavy atom. The van der Waals surface area contributed by atoms with E-state index in [0.29, 0.717) is 32.6 Å². The normalized spacial score (nSPS) is 15.1. The average Bonchev–Trinajstić information content (AvgIpc) is 3.36. The number of thioether (sulfide) groups is 1. The summed E-state index contributed by atoms with van der Waals surface area (Å²) in [6.07, 6.45) is 2.81. The molecule has 0 bridgehead atoms. The summed E-state index contributed by atoms with van der Waals surface area (Å²) in [6.45, 7) is 4.31. The zero-order chi connectivity index (χ0) is 22.5. The molecule has 1 aromatic carbocycles. The number of carbonyl (C=O) groups excluding carboxylic acids is 2. The molecule has 1 amide bonds. The molecule has 7 nitrogen and oxygen atoms in total. The van der Waals surface area contributed by atoms with E-state index in [9.17, 15) is 9.59 Å². The Labute approximate surface area is 199 Å². The van der Waals surface area contributed by atoms with Gasteiger partial charge in [-0.05, 0) is 49.8 Å². The highest BCUT2D eigenvalue weighted by Gasteiger charge is 2.29. The van der Waals surface area contributed by atoms with Crippen molar-refractivity contribution in [2.45, 2.75) is 37.4 Å². The van der Waals surface area contributed by atoms with Gasteiger partial charge in [0.2, 0.25) is 11.0 Å². The Morgan fingerprint density at radius 1 is 1.22 bits per heavy atom. The van der Waals surface area contributed by atoms with Crippen molar-refractivity contribution in [2.75, 3.05) is 23.0 Å². The van der Waals surface area contributed by atoms with Crippen LogP contribution in [0.15, 0.2) is 34.7 Å². The van der Waals surface area contributed by atoms with Crippen molar-refractivity contribution in [1.29, 1.82) is 0 Å². The van der Waals surface area contributed by atoms with E-state index in [1.165, 1.54) is 39.3 Å². The number of para-hydroxylation sites is 1. The molecule has 0 fully saturated rings. The van der Waals surface area contributed by atoms with Gasteiger partial charge in [0, 0.05) is 10.6 Å². The lowest BCUT2D eigenvalue weighted by Crippen LogP contribution is -2.17. The molecule has 3 aromatic rings. The first kappa shape index (κ1) is 22.8. The third kappa shape index (κ3) is 5.48. The molecule has 0 radical (unpaired) electrons. The number of hydrogen-bond acceptors (Lipinski definition) is 9. The van der Waals surface area contributed by atoms with Crippen LogP contribution in [0.4, 0.5) is 15.8 Å². The van der Waals surface area contributed by atoms with E-state index < -0.39 is 0 Å². The van der Waals surface area contributed by atoms with E-state index >= 15 is 0 Å². The van der Waals surface area contributed by atoms with E-state index in [-0.39, 0.29) is 17.6 Å². The summed E-state index contributed by atoms with van der Waals surface area (Å²) in [5.74, 6) is 0.218. The fourth-order valence-electron chi connectivity index (χ4n) is 3.51. The highest BCUT2D eigenvalue weighted by atomic mass is 32.2. The van der Waals surface area contributed by atoms with Gasteiger partial charge < -0.3 is 15.4 Å². The van der Waals surface area contributed by atoms with Crippen LogP contribution in [0, 0.1) is 5.92 Å². The SMILES string of the molecule is CCOC(=O)c1c(NC(=O)CSc2nnc(Nc3ccccc3)s2)sc2c1CCC(C)C2. The van der Waals surface area contributed by atoms with Crippen molar-refractivity contribution in [2.24, 2.45) is 5.92 Å². The van der Waals surface area contributed by atoms with Crippen molar-refractivity contribution in [3.8, 4) is 0 Å². The molecule has 1 aliphatic carbocycles. The van der Waals surface area contributed by atoms with Crippen molar-refractivity contribution in [1.82, 2.24) is 10.2 Å². The van der Waals surface area contributed by atoms with Crippen LogP contribution in [0.2, 0.25) is 0 Å². The molecule has 32 heavy (non-hydrogen) atoms. The second kappa shape index (κ2) is 10.5. The van der Waals surface area contributed by atoms with Crippen molar-refractivity contribution in [3.05, 3.63) is 46.3 Å². The number of aromatic nitrogens is 2. The molecule has 1 aliphatic rings. The predicted molar refractivity (Wildman–Crippen MR) is 130 cm³/mol. The average molecular weight is 489 g/mol. The van der Waals surface area contributed by atoms with Gasteiger partial charge >= 0.3 is 5.97 Å². The number of fused-ring (bicyclic) bond motifs is 1. The second-order valence-corrected chi connectivity index (χ2v) is 10.8. The van der Waals surface area contributed by atoms with Crippen LogP contribution < -0.4 is 10.6 Å². The van der Waals surface area contributed by atoms with Gasteiger partial charge in [0.25, 0.3) is 0 Å². The highest BCUT2D eigenvalue weighted by Crippen LogP contribution is 2.40. The lowest BCUT2D eigenvalue weighted by atomic mass is 9.88. The van der Waals surface area contributed by atoms with Crippen LogP contribution >= 0.6 is 34.4 Å². The van der Waals surface area contributed by atoms with Crippen LogP contribution in [0.1, 0.15) is 41.1 Å². The second-order valence-electron chi connectivity index (χ2n) is 7.48. The minimum Gasteiger partial charge on any atom is -0.462 e. The summed E-state index contributed by atoms with van der Waals surface area (Å²) < 4.78 is 5.97. The van der Waals surface area contributed by atoms with Crippen molar-refractivity contribution in [3.63, 3.8) is 0 Å². The molecule has 2 aromatic heterocycles. The van der Waals surface area contributed by atoms with E-state index in [1.807, 2.05) is 30.3 Å². The third-order valence-corrected chi connectivity index (χ3v) is 8.14. The van der Waals surface area contributed by atoms with Gasteiger partial charge in [-0.2, -0.15) is 0 Å². The monoisotopic (exact) mass is 488 g/mol. The number of carbonyl (C=O) groups is 2. The fraction of sp³-hybridized carbons (Fsp3) is 0.364. The first-order valence-electron chi connectivity index (χ1n) is 10.4. The lowest BCUT2D eigenvalue weighted by Gasteiger charge is -2.18. The first-order valence-corrected chi connectivity index (χ1v) is 13.0. The Hall–Kier alpha value is -2.43. The van der Waals surface area contributed by atoms with Gasteiger partial charge in [-0.15, -0.1) is 21.5 Å². The molecule has 0 aliphatic heterocycles. The van der Waals surface area contributed by atoms with Crippen LogP contribution in [-0.4, -0.2) is 34.4 Å². The standard InChI is InChI=1S/C22H24N4O3S3/c1-3-29-20(28)18-15-10-9-13(2)11-16(15)31-19(18)24-17(27)12-30-22-26-25-21(32-22)23-14-7-5-4-6-8-14/h4-8,13H,3,9-12H2,1-2H3,(H,23,25)(H,24,27). The number of nitrogens with zero attached hydrogens (tertiary/aromatic N) is 2. The Bertz CT molecular complexity index is 1100. The van der Waals surface area contributed by atoms with Crippen LogP contribution in [0.5, 0.6) is 0 Å². The van der Waals surface area contributed by atoms with Gasteiger partial charge in [-0.3, -0.25) is 4.79 Å². The number of hydrogen-bond donors (Lipinski definition) is 2. The smallest absolute Gasteiger partial charge is 0.341 e.